The third-order valence-electron chi connectivity index (χ3n) is 6.70. The van der Waals surface area contributed by atoms with Gasteiger partial charge in [-0.25, -0.2) is 4.79 Å². The number of hydrogen-bond acceptors (Lipinski definition) is 6. The largest absolute Gasteiger partial charge is 0.494 e. The lowest BCUT2D eigenvalue weighted by Gasteiger charge is -2.25. The van der Waals surface area contributed by atoms with E-state index in [2.05, 4.69) is 22.9 Å². The van der Waals surface area contributed by atoms with Crippen LogP contribution >= 0.6 is 15.9 Å². The molecule has 0 saturated carbocycles. The quantitative estimate of drug-likeness (QED) is 0.153. The number of nitrogens with zero attached hydrogens (tertiary/aromatic N) is 1. The Hall–Kier alpha value is -3.91. The minimum absolute atomic E-state index is 0.00850. The number of unbranched alkanes of at least 4 members (excludes halogenated alkanes) is 2. The molecule has 0 radical (unpaired) electrons. The molecule has 1 amide bonds. The van der Waals surface area contributed by atoms with Gasteiger partial charge in [-0.15, -0.1) is 0 Å². The number of benzene rings is 3. The Labute approximate surface area is 234 Å². The van der Waals surface area contributed by atoms with Crippen molar-refractivity contribution in [2.75, 3.05) is 18.1 Å². The number of rotatable bonds is 9. The van der Waals surface area contributed by atoms with Gasteiger partial charge in [0.1, 0.15) is 11.3 Å². The average molecular weight is 590 g/mol. The van der Waals surface area contributed by atoms with Gasteiger partial charge in [0.05, 0.1) is 35.8 Å². The second kappa shape index (κ2) is 11.5. The number of ether oxygens (including phenoxy) is 2. The summed E-state index contributed by atoms with van der Waals surface area (Å²) < 4.78 is 17.7. The standard InChI is InChI=1S/C31H28BrNO6/c1-3-5-6-17-38-23-14-9-19(10-15-23)27-26-28(34)24-18-21(32)11-16-25(24)39-29(26)30(35)33(27)22-12-7-20(8-13-22)31(36)37-4-2/h7-16,18,27H,3-6,17H2,1-2H3. The average Bonchev–Trinajstić information content (AvgIpc) is 3.24. The van der Waals surface area contributed by atoms with Crippen LogP contribution < -0.4 is 15.1 Å². The van der Waals surface area contributed by atoms with Crippen molar-refractivity contribution in [1.29, 1.82) is 0 Å². The van der Waals surface area contributed by atoms with Crippen molar-refractivity contribution in [1.82, 2.24) is 0 Å². The molecule has 3 aromatic carbocycles. The van der Waals surface area contributed by atoms with E-state index in [9.17, 15) is 14.4 Å². The van der Waals surface area contributed by atoms with E-state index in [4.69, 9.17) is 13.9 Å². The monoisotopic (exact) mass is 589 g/mol. The van der Waals surface area contributed by atoms with Crippen molar-refractivity contribution >= 4 is 44.5 Å². The Morgan fingerprint density at radius 2 is 1.72 bits per heavy atom. The normalized spacial score (nSPS) is 14.5. The molecule has 4 aromatic rings. The first-order chi connectivity index (χ1) is 18.9. The zero-order valence-corrected chi connectivity index (χ0v) is 23.3. The highest BCUT2D eigenvalue weighted by Gasteiger charge is 2.43. The number of halogens is 1. The summed E-state index contributed by atoms with van der Waals surface area (Å²) in [5, 5.41) is 0.385. The van der Waals surface area contributed by atoms with E-state index in [-0.39, 0.29) is 23.4 Å². The molecule has 0 N–H and O–H groups in total. The first kappa shape index (κ1) is 26.7. The van der Waals surface area contributed by atoms with Gasteiger partial charge in [0, 0.05) is 10.2 Å². The number of carbonyl (C=O) groups excluding carboxylic acids is 2. The van der Waals surface area contributed by atoms with E-state index in [1.807, 2.05) is 24.3 Å². The van der Waals surface area contributed by atoms with E-state index in [0.29, 0.717) is 28.8 Å². The third-order valence-corrected chi connectivity index (χ3v) is 7.19. The van der Waals surface area contributed by atoms with E-state index < -0.39 is 17.9 Å². The van der Waals surface area contributed by atoms with Gasteiger partial charge in [-0.05, 0) is 73.5 Å². The molecule has 0 saturated heterocycles. The number of anilines is 1. The van der Waals surface area contributed by atoms with Gasteiger partial charge in [0.15, 0.2) is 5.43 Å². The van der Waals surface area contributed by atoms with Crippen LogP contribution in [0.1, 0.15) is 71.2 Å². The maximum atomic E-state index is 13.8. The summed E-state index contributed by atoms with van der Waals surface area (Å²) in [6, 6.07) is 18.4. The van der Waals surface area contributed by atoms with Gasteiger partial charge in [0.25, 0.3) is 5.91 Å². The summed E-state index contributed by atoms with van der Waals surface area (Å²) in [5.74, 6) is -0.145. The predicted octanol–water partition coefficient (Wildman–Crippen LogP) is 7.05. The maximum absolute atomic E-state index is 13.8. The van der Waals surface area contributed by atoms with Gasteiger partial charge in [-0.1, -0.05) is 47.8 Å². The SMILES string of the molecule is CCCCCOc1ccc(C2c3c(oc4ccc(Br)cc4c3=O)C(=O)N2c2ccc(C(=O)OCC)cc2)cc1. The smallest absolute Gasteiger partial charge is 0.338 e. The van der Waals surface area contributed by atoms with E-state index >= 15 is 0 Å². The second-order valence-corrected chi connectivity index (χ2v) is 10.2. The molecule has 8 heteroatoms. The summed E-state index contributed by atoms with van der Waals surface area (Å²) in [6.07, 6.45) is 3.19. The van der Waals surface area contributed by atoms with Crippen molar-refractivity contribution < 1.29 is 23.5 Å². The lowest BCUT2D eigenvalue weighted by Crippen LogP contribution is -2.29. The number of esters is 1. The molecule has 1 unspecified atom stereocenters. The number of hydrogen-bond donors (Lipinski definition) is 0. The lowest BCUT2D eigenvalue weighted by molar-refractivity contribution is 0.0526. The van der Waals surface area contributed by atoms with Crippen molar-refractivity contribution in [2.45, 2.75) is 39.2 Å². The lowest BCUT2D eigenvalue weighted by atomic mass is 9.98. The summed E-state index contributed by atoms with van der Waals surface area (Å²) >= 11 is 3.43. The van der Waals surface area contributed by atoms with Gasteiger partial charge in [0.2, 0.25) is 5.76 Å². The highest BCUT2D eigenvalue weighted by molar-refractivity contribution is 9.10. The molecular weight excluding hydrogens is 562 g/mol. The summed E-state index contributed by atoms with van der Waals surface area (Å²) in [5.41, 5.74) is 1.97. The third kappa shape index (κ3) is 5.21. The molecular formula is C31H28BrNO6. The molecule has 7 nitrogen and oxygen atoms in total. The highest BCUT2D eigenvalue weighted by atomic mass is 79.9. The van der Waals surface area contributed by atoms with E-state index in [1.54, 1.807) is 49.4 Å². The van der Waals surface area contributed by atoms with E-state index in [0.717, 1.165) is 35.0 Å². The van der Waals surface area contributed by atoms with Crippen LogP contribution in [0.25, 0.3) is 11.0 Å². The topological polar surface area (TPSA) is 86.0 Å². The van der Waals surface area contributed by atoms with E-state index in [1.165, 1.54) is 4.90 Å². The minimum Gasteiger partial charge on any atom is -0.494 e. The second-order valence-electron chi connectivity index (χ2n) is 9.28. The van der Waals surface area contributed by atoms with Gasteiger partial charge < -0.3 is 13.9 Å². The molecule has 1 atom stereocenters. The van der Waals surface area contributed by atoms with Crippen LogP contribution in [0.3, 0.4) is 0 Å². The van der Waals surface area contributed by atoms with Crippen molar-refractivity contribution in [3.8, 4) is 5.75 Å². The molecule has 200 valence electrons. The Kier molecular flexibility index (Phi) is 7.84. The van der Waals surface area contributed by atoms with Crippen LogP contribution in [0.2, 0.25) is 0 Å². The first-order valence-electron chi connectivity index (χ1n) is 13.0. The van der Waals surface area contributed by atoms with Crippen molar-refractivity contribution in [2.24, 2.45) is 0 Å². The molecule has 39 heavy (non-hydrogen) atoms. The maximum Gasteiger partial charge on any atom is 0.338 e. The molecule has 1 aliphatic heterocycles. The first-order valence-corrected chi connectivity index (χ1v) is 13.8. The highest BCUT2D eigenvalue weighted by Crippen LogP contribution is 2.41. The summed E-state index contributed by atoms with van der Waals surface area (Å²) in [7, 11) is 0. The van der Waals surface area contributed by atoms with Crippen LogP contribution in [-0.4, -0.2) is 25.1 Å². The zero-order chi connectivity index (χ0) is 27.5. The Morgan fingerprint density at radius 1 is 0.974 bits per heavy atom. The zero-order valence-electron chi connectivity index (χ0n) is 21.7. The van der Waals surface area contributed by atoms with Crippen LogP contribution in [0.5, 0.6) is 5.75 Å². The summed E-state index contributed by atoms with van der Waals surface area (Å²) in [6.45, 7) is 4.77. The summed E-state index contributed by atoms with van der Waals surface area (Å²) in [4.78, 5) is 41.3. The number of amides is 1. The fourth-order valence-electron chi connectivity index (χ4n) is 4.79. The van der Waals surface area contributed by atoms with Gasteiger partial charge in [-0.2, -0.15) is 0 Å². The van der Waals surface area contributed by atoms with Crippen LogP contribution in [0, 0.1) is 0 Å². The Bertz CT molecular complexity index is 1580. The van der Waals surface area contributed by atoms with Crippen molar-refractivity contribution in [3.05, 3.63) is 104 Å². The fraction of sp³-hybridized carbons (Fsp3) is 0.258. The molecule has 5 rings (SSSR count). The Balaban J connectivity index is 1.59. The van der Waals surface area contributed by atoms with Crippen LogP contribution in [-0.2, 0) is 4.74 Å². The number of fused-ring (bicyclic) bond motifs is 2. The van der Waals surface area contributed by atoms with Crippen LogP contribution in [0.15, 0.2) is 80.4 Å². The molecule has 0 spiro atoms. The van der Waals surface area contributed by atoms with Gasteiger partial charge in [-0.3, -0.25) is 14.5 Å². The molecule has 2 heterocycles. The number of carbonyl (C=O) groups is 2. The van der Waals surface area contributed by atoms with Crippen LogP contribution in [0.4, 0.5) is 5.69 Å². The van der Waals surface area contributed by atoms with Crippen molar-refractivity contribution in [3.63, 3.8) is 0 Å². The fourth-order valence-corrected chi connectivity index (χ4v) is 5.15. The molecule has 0 aliphatic carbocycles. The molecule has 0 fully saturated rings. The molecule has 1 aromatic heterocycles. The molecule has 1 aliphatic rings. The van der Waals surface area contributed by atoms with Gasteiger partial charge >= 0.3 is 5.97 Å². The Morgan fingerprint density at radius 3 is 2.41 bits per heavy atom. The predicted molar refractivity (Wildman–Crippen MR) is 153 cm³/mol. The molecule has 0 bridgehead atoms. The minimum atomic E-state index is -0.727.